The van der Waals surface area contributed by atoms with Gasteiger partial charge in [-0.2, -0.15) is 0 Å². The summed E-state index contributed by atoms with van der Waals surface area (Å²) in [6, 6.07) is 14.8. The van der Waals surface area contributed by atoms with Crippen LogP contribution in [0, 0.1) is 5.92 Å². The number of benzene rings is 2. The number of amides is 1. The van der Waals surface area contributed by atoms with E-state index in [4.69, 9.17) is 4.74 Å². The van der Waals surface area contributed by atoms with Crippen LogP contribution < -0.4 is 10.1 Å². The van der Waals surface area contributed by atoms with Gasteiger partial charge in [0.05, 0.1) is 12.4 Å². The largest absolute Gasteiger partial charge is 0.494 e. The Balaban J connectivity index is 1.55. The molecular weight excluding hydrogens is 334 g/mol. The zero-order valence-corrected chi connectivity index (χ0v) is 15.0. The highest BCUT2D eigenvalue weighted by Gasteiger charge is 2.29. The molecule has 130 valence electrons. The van der Waals surface area contributed by atoms with Gasteiger partial charge < -0.3 is 10.1 Å². The number of Topliss-reactive ketones (excluding diaryl/α,β-unsaturated/α-hetero) is 1. The van der Waals surface area contributed by atoms with E-state index in [1.165, 1.54) is 11.8 Å². The molecular formula is C20H21NO3S. The van der Waals surface area contributed by atoms with Gasteiger partial charge in [-0.1, -0.05) is 6.07 Å². The fourth-order valence-corrected chi connectivity index (χ4v) is 3.24. The summed E-state index contributed by atoms with van der Waals surface area (Å²) in [5, 5.41) is 2.93. The molecule has 2 aromatic rings. The van der Waals surface area contributed by atoms with Crippen molar-refractivity contribution in [3.63, 3.8) is 0 Å². The summed E-state index contributed by atoms with van der Waals surface area (Å²) in [7, 11) is 0. The van der Waals surface area contributed by atoms with Crippen LogP contribution in [0.1, 0.15) is 30.1 Å². The summed E-state index contributed by atoms with van der Waals surface area (Å²) in [6.45, 7) is 2.54. The molecule has 0 saturated heterocycles. The normalized spacial score (nSPS) is 13.3. The van der Waals surface area contributed by atoms with Gasteiger partial charge in [-0.15, -0.1) is 11.8 Å². The van der Waals surface area contributed by atoms with E-state index < -0.39 is 0 Å². The maximum atomic E-state index is 12.3. The Labute approximate surface area is 152 Å². The molecule has 5 heteroatoms. The summed E-state index contributed by atoms with van der Waals surface area (Å²) >= 11 is 1.47. The maximum absolute atomic E-state index is 12.3. The number of rotatable bonds is 8. The zero-order valence-electron chi connectivity index (χ0n) is 14.2. The van der Waals surface area contributed by atoms with Gasteiger partial charge in [0.1, 0.15) is 5.75 Å². The van der Waals surface area contributed by atoms with E-state index in [1.54, 1.807) is 12.1 Å². The quantitative estimate of drug-likeness (QED) is 0.563. The lowest BCUT2D eigenvalue weighted by molar-refractivity contribution is -0.117. The zero-order chi connectivity index (χ0) is 17.6. The van der Waals surface area contributed by atoms with E-state index in [-0.39, 0.29) is 17.6 Å². The van der Waals surface area contributed by atoms with Crippen molar-refractivity contribution in [2.24, 2.45) is 5.92 Å². The molecule has 1 amide bonds. The molecule has 1 N–H and O–H groups in total. The minimum Gasteiger partial charge on any atom is -0.494 e. The SMILES string of the molecule is CCOc1ccc(C(=O)CSc2cccc(NC(=O)C3CC3)c2)cc1. The van der Waals surface area contributed by atoms with E-state index in [9.17, 15) is 9.59 Å². The van der Waals surface area contributed by atoms with Crippen LogP contribution in [-0.4, -0.2) is 24.1 Å². The average molecular weight is 355 g/mol. The third-order valence-corrected chi connectivity index (χ3v) is 4.90. The van der Waals surface area contributed by atoms with Gasteiger partial charge in [0.25, 0.3) is 0 Å². The van der Waals surface area contributed by atoms with E-state index in [1.807, 2.05) is 43.3 Å². The second kappa shape index (κ2) is 8.21. The molecule has 1 saturated carbocycles. The Kier molecular flexibility index (Phi) is 5.76. The molecule has 0 aliphatic heterocycles. The van der Waals surface area contributed by atoms with Crippen molar-refractivity contribution in [3.05, 3.63) is 54.1 Å². The summed E-state index contributed by atoms with van der Waals surface area (Å²) < 4.78 is 5.38. The first kappa shape index (κ1) is 17.5. The van der Waals surface area contributed by atoms with Gasteiger partial charge in [-0.25, -0.2) is 0 Å². The maximum Gasteiger partial charge on any atom is 0.227 e. The van der Waals surface area contributed by atoms with E-state index in [0.717, 1.165) is 29.2 Å². The highest BCUT2D eigenvalue weighted by molar-refractivity contribution is 8.00. The first-order chi connectivity index (χ1) is 12.2. The number of carbonyl (C=O) groups excluding carboxylic acids is 2. The van der Waals surface area contributed by atoms with E-state index in [2.05, 4.69) is 5.32 Å². The van der Waals surface area contributed by atoms with E-state index in [0.29, 0.717) is 17.9 Å². The summed E-state index contributed by atoms with van der Waals surface area (Å²) in [4.78, 5) is 25.1. The number of nitrogens with one attached hydrogen (secondary N) is 1. The second-order valence-corrected chi connectivity index (χ2v) is 7.01. The standard InChI is InChI=1S/C20H21NO3S/c1-2-24-17-10-8-14(9-11-17)19(22)13-25-18-5-3-4-16(12-18)21-20(23)15-6-7-15/h3-5,8-12,15H,2,6-7,13H2,1H3,(H,21,23). The lowest BCUT2D eigenvalue weighted by atomic mass is 10.1. The lowest BCUT2D eigenvalue weighted by Gasteiger charge is -2.07. The van der Waals surface area contributed by atoms with Crippen molar-refractivity contribution in [3.8, 4) is 5.75 Å². The van der Waals surface area contributed by atoms with Crippen LogP contribution in [0.5, 0.6) is 5.75 Å². The van der Waals surface area contributed by atoms with Gasteiger partial charge in [-0.3, -0.25) is 9.59 Å². The first-order valence-electron chi connectivity index (χ1n) is 8.45. The Morgan fingerprint density at radius 3 is 2.60 bits per heavy atom. The molecule has 1 aliphatic carbocycles. The summed E-state index contributed by atoms with van der Waals surface area (Å²) in [6.07, 6.45) is 1.97. The molecule has 0 aromatic heterocycles. The molecule has 0 spiro atoms. The van der Waals surface area contributed by atoms with Gasteiger partial charge in [0.15, 0.2) is 5.78 Å². The monoisotopic (exact) mass is 355 g/mol. The van der Waals surface area contributed by atoms with Crippen LogP contribution in [0.25, 0.3) is 0 Å². The summed E-state index contributed by atoms with van der Waals surface area (Å²) in [5.74, 6) is 1.46. The third kappa shape index (κ3) is 5.10. The van der Waals surface area contributed by atoms with Crippen LogP contribution in [0.15, 0.2) is 53.4 Å². The molecule has 1 aliphatic rings. The first-order valence-corrected chi connectivity index (χ1v) is 9.44. The van der Waals surface area contributed by atoms with Crippen molar-refractivity contribution in [1.82, 2.24) is 0 Å². The number of hydrogen-bond donors (Lipinski definition) is 1. The molecule has 0 radical (unpaired) electrons. The average Bonchev–Trinajstić information content (AvgIpc) is 3.46. The number of ether oxygens (including phenoxy) is 1. The molecule has 25 heavy (non-hydrogen) atoms. The highest BCUT2D eigenvalue weighted by Crippen LogP contribution is 2.31. The number of ketones is 1. The van der Waals surface area contributed by atoms with Crippen molar-refractivity contribution in [2.45, 2.75) is 24.7 Å². The van der Waals surface area contributed by atoms with Gasteiger partial charge >= 0.3 is 0 Å². The summed E-state index contributed by atoms with van der Waals surface area (Å²) in [5.41, 5.74) is 1.46. The van der Waals surface area contributed by atoms with Crippen LogP contribution >= 0.6 is 11.8 Å². The minimum atomic E-state index is 0.0699. The molecule has 0 atom stereocenters. The number of hydrogen-bond acceptors (Lipinski definition) is 4. The molecule has 4 nitrogen and oxygen atoms in total. The van der Waals surface area contributed by atoms with Crippen molar-refractivity contribution >= 4 is 29.1 Å². The number of thioether (sulfide) groups is 1. The predicted octanol–water partition coefficient (Wildman–Crippen LogP) is 4.41. The Morgan fingerprint density at radius 2 is 1.92 bits per heavy atom. The molecule has 0 heterocycles. The molecule has 1 fully saturated rings. The van der Waals surface area contributed by atoms with Crippen molar-refractivity contribution in [2.75, 3.05) is 17.7 Å². The van der Waals surface area contributed by atoms with Gasteiger partial charge in [0.2, 0.25) is 5.91 Å². The third-order valence-electron chi connectivity index (χ3n) is 3.91. The number of anilines is 1. The van der Waals surface area contributed by atoms with Crippen molar-refractivity contribution < 1.29 is 14.3 Å². The van der Waals surface area contributed by atoms with Crippen LogP contribution in [0.4, 0.5) is 5.69 Å². The molecule has 0 bridgehead atoms. The number of carbonyl (C=O) groups is 2. The smallest absolute Gasteiger partial charge is 0.227 e. The fraction of sp³-hybridized carbons (Fsp3) is 0.300. The molecule has 2 aromatic carbocycles. The highest BCUT2D eigenvalue weighted by atomic mass is 32.2. The van der Waals surface area contributed by atoms with Crippen LogP contribution in [-0.2, 0) is 4.79 Å². The predicted molar refractivity (Wildman–Crippen MR) is 100 cm³/mol. The second-order valence-electron chi connectivity index (χ2n) is 5.96. The fourth-order valence-electron chi connectivity index (χ4n) is 2.39. The topological polar surface area (TPSA) is 55.4 Å². The molecule has 3 rings (SSSR count). The van der Waals surface area contributed by atoms with E-state index >= 15 is 0 Å². The molecule has 0 unspecified atom stereocenters. The van der Waals surface area contributed by atoms with Gasteiger partial charge in [-0.05, 0) is 62.2 Å². The minimum absolute atomic E-state index is 0.0699. The Morgan fingerprint density at radius 1 is 1.16 bits per heavy atom. The lowest BCUT2D eigenvalue weighted by Crippen LogP contribution is -2.13. The van der Waals surface area contributed by atoms with Crippen molar-refractivity contribution in [1.29, 1.82) is 0 Å². The van der Waals surface area contributed by atoms with Gasteiger partial charge in [0, 0.05) is 22.1 Å². The Hall–Kier alpha value is -2.27. The Bertz CT molecular complexity index is 754. The van der Waals surface area contributed by atoms with Crippen LogP contribution in [0.3, 0.4) is 0 Å². The van der Waals surface area contributed by atoms with Crippen LogP contribution in [0.2, 0.25) is 0 Å².